The number of benzene rings is 2. The molecule has 0 atom stereocenters. The fraction of sp³-hybridized carbons (Fsp3) is 0.391. The van der Waals surface area contributed by atoms with Gasteiger partial charge in [-0.25, -0.2) is 8.78 Å². The maximum atomic E-state index is 13.8. The molecular weight excluding hydrogens is 374 g/mol. The molecular formula is C23H24F2N2O2. The second kappa shape index (κ2) is 8.31. The Morgan fingerprint density at radius 3 is 2.34 bits per heavy atom. The largest absolute Gasteiger partial charge is 0.338 e. The second-order valence-electron chi connectivity index (χ2n) is 7.94. The van der Waals surface area contributed by atoms with Crippen molar-refractivity contribution in [2.24, 2.45) is 11.8 Å². The highest BCUT2D eigenvalue weighted by Crippen LogP contribution is 2.32. The van der Waals surface area contributed by atoms with Crippen molar-refractivity contribution in [3.05, 3.63) is 65.2 Å². The van der Waals surface area contributed by atoms with Crippen LogP contribution in [0.25, 0.3) is 0 Å². The molecule has 4 rings (SSSR count). The van der Waals surface area contributed by atoms with Crippen molar-refractivity contribution in [1.82, 2.24) is 4.90 Å². The van der Waals surface area contributed by atoms with Crippen molar-refractivity contribution in [3.63, 3.8) is 0 Å². The Hall–Kier alpha value is -2.76. The Morgan fingerprint density at radius 2 is 1.62 bits per heavy atom. The summed E-state index contributed by atoms with van der Waals surface area (Å²) >= 11 is 0. The molecule has 0 spiro atoms. The van der Waals surface area contributed by atoms with Crippen LogP contribution in [0.3, 0.4) is 0 Å². The molecule has 2 aromatic rings. The summed E-state index contributed by atoms with van der Waals surface area (Å²) in [6.45, 7) is 1.39. The smallest absolute Gasteiger partial charge is 0.227 e. The molecule has 6 heteroatoms. The standard InChI is InChI=1S/C23H24F2N2O2/c24-19-9-10-21(20(25)13-19)26-22(28)16-5-7-17(8-6-16)23(29)27-12-11-15-3-1-2-4-18(15)14-27/h1-4,9-10,13,16-17H,5-8,11-12,14H2,(H,26,28). The van der Waals surface area contributed by atoms with Gasteiger partial charge in [0.15, 0.2) is 0 Å². The van der Waals surface area contributed by atoms with E-state index in [1.54, 1.807) is 0 Å². The van der Waals surface area contributed by atoms with Gasteiger partial charge in [0, 0.05) is 31.0 Å². The number of amides is 2. The number of carbonyl (C=O) groups is 2. The van der Waals surface area contributed by atoms with Crippen molar-refractivity contribution in [3.8, 4) is 0 Å². The molecule has 0 aromatic heterocycles. The van der Waals surface area contributed by atoms with Crippen LogP contribution < -0.4 is 5.32 Å². The molecule has 1 heterocycles. The normalized spacial score (nSPS) is 21.4. The van der Waals surface area contributed by atoms with Crippen LogP contribution in [-0.2, 0) is 22.6 Å². The van der Waals surface area contributed by atoms with Crippen molar-refractivity contribution in [1.29, 1.82) is 0 Å². The number of rotatable bonds is 3. The fourth-order valence-electron chi connectivity index (χ4n) is 4.37. The molecule has 29 heavy (non-hydrogen) atoms. The average Bonchev–Trinajstić information content (AvgIpc) is 2.75. The third-order valence-electron chi connectivity index (χ3n) is 6.08. The van der Waals surface area contributed by atoms with E-state index in [0.717, 1.165) is 25.1 Å². The van der Waals surface area contributed by atoms with E-state index in [4.69, 9.17) is 0 Å². The van der Waals surface area contributed by atoms with Gasteiger partial charge in [0.25, 0.3) is 0 Å². The Labute approximate surface area is 168 Å². The Bertz CT molecular complexity index is 923. The van der Waals surface area contributed by atoms with E-state index in [9.17, 15) is 18.4 Å². The fourth-order valence-corrected chi connectivity index (χ4v) is 4.37. The highest BCUT2D eigenvalue weighted by Gasteiger charge is 2.33. The van der Waals surface area contributed by atoms with Crippen molar-refractivity contribution < 1.29 is 18.4 Å². The number of nitrogens with zero attached hydrogens (tertiary/aromatic N) is 1. The van der Waals surface area contributed by atoms with Crippen LogP contribution in [-0.4, -0.2) is 23.3 Å². The first-order valence-electron chi connectivity index (χ1n) is 10.1. The van der Waals surface area contributed by atoms with Gasteiger partial charge in [-0.3, -0.25) is 9.59 Å². The number of carbonyl (C=O) groups excluding carboxylic acids is 2. The first-order chi connectivity index (χ1) is 14.0. The zero-order chi connectivity index (χ0) is 20.4. The minimum absolute atomic E-state index is 0.0124. The third kappa shape index (κ3) is 4.31. The topological polar surface area (TPSA) is 49.4 Å². The summed E-state index contributed by atoms with van der Waals surface area (Å²) in [7, 11) is 0. The molecule has 1 aliphatic carbocycles. The molecule has 4 nitrogen and oxygen atoms in total. The maximum absolute atomic E-state index is 13.8. The molecule has 1 saturated carbocycles. The second-order valence-corrected chi connectivity index (χ2v) is 7.94. The van der Waals surface area contributed by atoms with Crippen LogP contribution in [0.2, 0.25) is 0 Å². The average molecular weight is 398 g/mol. The molecule has 152 valence electrons. The van der Waals surface area contributed by atoms with Crippen molar-refractivity contribution in [2.45, 2.75) is 38.6 Å². The molecule has 0 unspecified atom stereocenters. The van der Waals surface area contributed by atoms with E-state index in [1.165, 1.54) is 17.2 Å². The van der Waals surface area contributed by atoms with Gasteiger partial charge in [0.05, 0.1) is 5.69 Å². The lowest BCUT2D eigenvalue weighted by atomic mass is 9.80. The summed E-state index contributed by atoms with van der Waals surface area (Å²) in [5, 5.41) is 2.55. The molecule has 1 N–H and O–H groups in total. The highest BCUT2D eigenvalue weighted by atomic mass is 19.1. The molecule has 0 radical (unpaired) electrons. The van der Waals surface area contributed by atoms with E-state index >= 15 is 0 Å². The molecule has 2 aromatic carbocycles. The zero-order valence-corrected chi connectivity index (χ0v) is 16.2. The minimum atomic E-state index is -0.785. The van der Waals surface area contributed by atoms with Gasteiger partial charge in [-0.2, -0.15) is 0 Å². The van der Waals surface area contributed by atoms with E-state index in [1.807, 2.05) is 17.0 Å². The molecule has 2 aliphatic rings. The minimum Gasteiger partial charge on any atom is -0.338 e. The van der Waals surface area contributed by atoms with Gasteiger partial charge in [0.2, 0.25) is 11.8 Å². The molecule has 1 aliphatic heterocycles. The van der Waals surface area contributed by atoms with Crippen molar-refractivity contribution in [2.75, 3.05) is 11.9 Å². The number of anilines is 1. The van der Waals surface area contributed by atoms with Gasteiger partial charge >= 0.3 is 0 Å². The summed E-state index contributed by atoms with van der Waals surface area (Å²) in [6.07, 6.45) is 3.37. The van der Waals surface area contributed by atoms with E-state index in [0.29, 0.717) is 32.2 Å². The van der Waals surface area contributed by atoms with Crippen LogP contribution in [0, 0.1) is 23.5 Å². The van der Waals surface area contributed by atoms with Gasteiger partial charge in [0.1, 0.15) is 11.6 Å². The maximum Gasteiger partial charge on any atom is 0.227 e. The number of fused-ring (bicyclic) bond motifs is 1. The van der Waals surface area contributed by atoms with E-state index in [-0.39, 0.29) is 29.3 Å². The van der Waals surface area contributed by atoms with Crippen LogP contribution in [0.5, 0.6) is 0 Å². The van der Waals surface area contributed by atoms with E-state index in [2.05, 4.69) is 17.4 Å². The summed E-state index contributed by atoms with van der Waals surface area (Å²) in [5.41, 5.74) is 2.51. The summed E-state index contributed by atoms with van der Waals surface area (Å²) in [5.74, 6) is -1.89. The predicted octanol–water partition coefficient (Wildman–Crippen LogP) is 4.29. The molecule has 0 saturated heterocycles. The van der Waals surface area contributed by atoms with Crippen LogP contribution in [0.1, 0.15) is 36.8 Å². The number of hydrogen-bond acceptors (Lipinski definition) is 2. The summed E-state index contributed by atoms with van der Waals surface area (Å²) in [4.78, 5) is 27.3. The SMILES string of the molecule is O=C(Nc1ccc(F)cc1F)C1CCC(C(=O)N2CCc3ccccc3C2)CC1. The third-order valence-corrected chi connectivity index (χ3v) is 6.08. The van der Waals surface area contributed by atoms with E-state index < -0.39 is 11.6 Å². The van der Waals surface area contributed by atoms with Gasteiger partial charge in [-0.1, -0.05) is 24.3 Å². The summed E-state index contributed by atoms with van der Waals surface area (Å²) in [6, 6.07) is 11.3. The number of nitrogens with one attached hydrogen (secondary N) is 1. The van der Waals surface area contributed by atoms with Gasteiger partial charge in [-0.05, 0) is 55.4 Å². The lowest BCUT2D eigenvalue weighted by Gasteiger charge is -2.34. The Morgan fingerprint density at radius 1 is 0.931 bits per heavy atom. The zero-order valence-electron chi connectivity index (χ0n) is 16.2. The van der Waals surface area contributed by atoms with Crippen molar-refractivity contribution >= 4 is 17.5 Å². The predicted molar refractivity (Wildman–Crippen MR) is 106 cm³/mol. The number of hydrogen-bond donors (Lipinski definition) is 1. The van der Waals surface area contributed by atoms with Crippen LogP contribution in [0.4, 0.5) is 14.5 Å². The molecule has 1 fully saturated rings. The first-order valence-corrected chi connectivity index (χ1v) is 10.1. The Kier molecular flexibility index (Phi) is 5.60. The van der Waals surface area contributed by atoms with Crippen LogP contribution >= 0.6 is 0 Å². The monoisotopic (exact) mass is 398 g/mol. The molecule has 2 amide bonds. The quantitative estimate of drug-likeness (QED) is 0.838. The lowest BCUT2D eigenvalue weighted by molar-refractivity contribution is -0.138. The first kappa shape index (κ1) is 19.6. The number of halogens is 2. The Balaban J connectivity index is 1.31. The lowest BCUT2D eigenvalue weighted by Crippen LogP contribution is -2.41. The van der Waals surface area contributed by atoms with Gasteiger partial charge in [-0.15, -0.1) is 0 Å². The van der Waals surface area contributed by atoms with Gasteiger partial charge < -0.3 is 10.2 Å². The molecule has 0 bridgehead atoms. The highest BCUT2D eigenvalue weighted by molar-refractivity contribution is 5.93. The van der Waals surface area contributed by atoms with Crippen LogP contribution in [0.15, 0.2) is 42.5 Å². The summed E-state index contributed by atoms with van der Waals surface area (Å²) < 4.78 is 26.8.